The van der Waals surface area contributed by atoms with E-state index in [2.05, 4.69) is 24.5 Å². The van der Waals surface area contributed by atoms with Crippen molar-refractivity contribution >= 4 is 21.7 Å². The average Bonchev–Trinajstić information content (AvgIpc) is 3.89. The number of carbonyl (C=O) groups is 1. The van der Waals surface area contributed by atoms with Gasteiger partial charge in [-0.3, -0.25) is 9.69 Å². The number of carbonyl (C=O) groups excluding carboxylic acids is 1. The number of nitrogens with zero attached hydrogens (tertiary/aromatic N) is 5. The molecule has 16 heteroatoms. The second kappa shape index (κ2) is 13.2. The van der Waals surface area contributed by atoms with Crippen molar-refractivity contribution in [1.29, 1.82) is 0 Å². The molecule has 2 aromatic rings. The quantitative estimate of drug-likeness (QED) is 0.352. The number of alkyl halides is 2. The molecule has 3 aliphatic heterocycles. The van der Waals surface area contributed by atoms with Crippen molar-refractivity contribution in [2.24, 2.45) is 5.41 Å². The number of amides is 1. The van der Waals surface area contributed by atoms with Gasteiger partial charge in [-0.15, -0.1) is 0 Å². The fraction of sp³-hybridized carbons (Fsp3) is 0.676. The molecule has 0 unspecified atom stereocenters. The molecule has 12 nitrogen and oxygen atoms in total. The van der Waals surface area contributed by atoms with Crippen LogP contribution in [0, 0.1) is 11.2 Å². The van der Waals surface area contributed by atoms with Gasteiger partial charge in [-0.1, -0.05) is 0 Å². The minimum absolute atomic E-state index is 0.0422. The van der Waals surface area contributed by atoms with Gasteiger partial charge in [0.05, 0.1) is 30.2 Å². The minimum atomic E-state index is -3.31. The van der Waals surface area contributed by atoms with Crippen LogP contribution >= 0.6 is 0 Å². The van der Waals surface area contributed by atoms with Gasteiger partial charge in [0.25, 0.3) is 11.8 Å². The summed E-state index contributed by atoms with van der Waals surface area (Å²) in [4.78, 5) is 27.9. The van der Waals surface area contributed by atoms with Crippen LogP contribution in [0.2, 0.25) is 0 Å². The first-order valence-electron chi connectivity index (χ1n) is 17.5. The second-order valence-electron chi connectivity index (χ2n) is 15.2. The van der Waals surface area contributed by atoms with Gasteiger partial charge < -0.3 is 24.4 Å². The zero-order chi connectivity index (χ0) is 35.5. The molecule has 5 fully saturated rings. The Labute approximate surface area is 290 Å². The third kappa shape index (κ3) is 7.45. The standard InChI is InChI=1S/C34H45F3N6O6S/c1-22(2)43(25-14-33(36,37)15-25)31(44)27-13-23(35)3-6-28(27)49-29-16-38-21-39-30(29)42-18-32(19-42)9-11-41(12-10-32)20-34(45)8-7-24(17-48-34)40-50(46,47)26-4-5-26/h3,6,13,16,21-22,24-26,40,45H,4-5,7-12,14-15,17-20H2,1-2H3/t24-,34-/m1/s1. The molecule has 1 aromatic carbocycles. The summed E-state index contributed by atoms with van der Waals surface area (Å²) in [6, 6.07) is 2.25. The predicted molar refractivity (Wildman–Crippen MR) is 177 cm³/mol. The molecule has 1 aromatic heterocycles. The normalized spacial score (nSPS) is 26.8. The Morgan fingerprint density at radius 1 is 1.14 bits per heavy atom. The van der Waals surface area contributed by atoms with Crippen LogP contribution in [0.3, 0.4) is 0 Å². The number of hydrogen-bond acceptors (Lipinski definition) is 10. The molecule has 274 valence electrons. The smallest absolute Gasteiger partial charge is 0.258 e. The van der Waals surface area contributed by atoms with Crippen molar-refractivity contribution in [3.8, 4) is 11.5 Å². The lowest BCUT2D eigenvalue weighted by Gasteiger charge is -2.55. The number of aromatic nitrogens is 2. The highest BCUT2D eigenvalue weighted by molar-refractivity contribution is 7.90. The van der Waals surface area contributed by atoms with Crippen molar-refractivity contribution in [1.82, 2.24) is 24.5 Å². The predicted octanol–water partition coefficient (Wildman–Crippen LogP) is 3.91. The summed E-state index contributed by atoms with van der Waals surface area (Å²) in [5.41, 5.74) is -0.0181. The third-order valence-corrected chi connectivity index (χ3v) is 12.8. The van der Waals surface area contributed by atoms with Crippen LogP contribution in [-0.2, 0) is 14.8 Å². The molecule has 2 saturated carbocycles. The number of likely N-dealkylation sites (tertiary alicyclic amines) is 1. The Hall–Kier alpha value is -3.05. The van der Waals surface area contributed by atoms with E-state index in [9.17, 15) is 31.5 Å². The third-order valence-electron chi connectivity index (χ3n) is 10.8. The molecule has 0 radical (unpaired) electrons. The molecule has 3 saturated heterocycles. The van der Waals surface area contributed by atoms with Crippen LogP contribution in [0.15, 0.2) is 30.7 Å². The van der Waals surface area contributed by atoms with E-state index in [1.54, 1.807) is 13.8 Å². The summed E-state index contributed by atoms with van der Waals surface area (Å²) in [7, 11) is -3.31. The van der Waals surface area contributed by atoms with Crippen LogP contribution in [-0.4, -0.2) is 114 Å². The van der Waals surface area contributed by atoms with Gasteiger partial charge in [0, 0.05) is 55.9 Å². The molecule has 2 aliphatic carbocycles. The Bertz CT molecular complexity index is 1680. The number of β-amino-alcohol motifs (C(OH)–C–C–N with tert-alkyl or cyclic N) is 1. The van der Waals surface area contributed by atoms with E-state index in [0.717, 1.165) is 32.0 Å². The number of halogens is 3. The minimum Gasteiger partial charge on any atom is -0.451 e. The average molecular weight is 723 g/mol. The van der Waals surface area contributed by atoms with Crippen LogP contribution in [0.5, 0.6) is 11.5 Å². The largest absolute Gasteiger partial charge is 0.451 e. The van der Waals surface area contributed by atoms with Crippen LogP contribution < -0.4 is 14.4 Å². The molecule has 4 heterocycles. The highest BCUT2D eigenvalue weighted by Gasteiger charge is 2.51. The Balaban J connectivity index is 0.949. The van der Waals surface area contributed by atoms with E-state index in [-0.39, 0.29) is 40.7 Å². The molecule has 0 bridgehead atoms. The summed E-state index contributed by atoms with van der Waals surface area (Å²) in [5.74, 6) is -4.45. The van der Waals surface area contributed by atoms with Gasteiger partial charge in [0.15, 0.2) is 17.4 Å². The van der Waals surface area contributed by atoms with Crippen molar-refractivity contribution in [3.05, 3.63) is 42.1 Å². The van der Waals surface area contributed by atoms with Crippen molar-refractivity contribution in [2.45, 2.75) is 100 Å². The van der Waals surface area contributed by atoms with Gasteiger partial charge in [-0.2, -0.15) is 0 Å². The molecule has 1 amide bonds. The summed E-state index contributed by atoms with van der Waals surface area (Å²) in [5, 5.41) is 10.8. The number of rotatable bonds is 11. The Kier molecular flexibility index (Phi) is 9.32. The van der Waals surface area contributed by atoms with Crippen LogP contribution in [0.4, 0.5) is 19.0 Å². The number of hydrogen-bond donors (Lipinski definition) is 2. The first kappa shape index (κ1) is 35.4. The molecule has 50 heavy (non-hydrogen) atoms. The first-order chi connectivity index (χ1) is 23.6. The lowest BCUT2D eigenvalue weighted by Crippen LogP contribution is -2.62. The maximum Gasteiger partial charge on any atom is 0.258 e. The molecular formula is C34H45F3N6O6S. The van der Waals surface area contributed by atoms with Gasteiger partial charge in [-0.25, -0.2) is 36.3 Å². The molecule has 2 N–H and O–H groups in total. The highest BCUT2D eigenvalue weighted by Crippen LogP contribution is 2.46. The van der Waals surface area contributed by atoms with Crippen molar-refractivity contribution in [2.75, 3.05) is 44.2 Å². The van der Waals surface area contributed by atoms with E-state index >= 15 is 0 Å². The highest BCUT2D eigenvalue weighted by atomic mass is 32.2. The molecule has 5 aliphatic rings. The number of ether oxygens (including phenoxy) is 2. The maximum atomic E-state index is 14.5. The SMILES string of the molecule is CC(C)N(C(=O)c1cc(F)ccc1Oc1cncnc1N1CC2(CCN(C[C@@]3(O)CC[C@@H](NS(=O)(=O)C4CC4)CO3)CC2)C1)C1CC(F)(F)C1. The topological polar surface area (TPSA) is 137 Å². The van der Waals surface area contributed by atoms with E-state index in [0.29, 0.717) is 56.9 Å². The van der Waals surface area contributed by atoms with E-state index in [4.69, 9.17) is 9.47 Å². The number of sulfonamides is 1. The molecule has 7 rings (SSSR count). The number of anilines is 1. The summed E-state index contributed by atoms with van der Waals surface area (Å²) in [6.45, 7) is 6.94. The van der Waals surface area contributed by atoms with E-state index in [1.807, 2.05) is 0 Å². The summed E-state index contributed by atoms with van der Waals surface area (Å²) >= 11 is 0. The van der Waals surface area contributed by atoms with E-state index < -0.39 is 52.3 Å². The Morgan fingerprint density at radius 3 is 2.48 bits per heavy atom. The number of piperidine rings is 1. The number of nitrogens with one attached hydrogen (secondary N) is 1. The lowest BCUT2D eigenvalue weighted by atomic mass is 9.72. The monoisotopic (exact) mass is 722 g/mol. The van der Waals surface area contributed by atoms with Gasteiger partial charge in [-0.05, 0) is 77.2 Å². The number of benzene rings is 1. The Morgan fingerprint density at radius 2 is 1.86 bits per heavy atom. The van der Waals surface area contributed by atoms with Crippen molar-refractivity contribution in [3.63, 3.8) is 0 Å². The fourth-order valence-corrected chi connectivity index (χ4v) is 9.38. The summed E-state index contributed by atoms with van der Waals surface area (Å²) < 4.78 is 81.2. The zero-order valence-electron chi connectivity index (χ0n) is 28.4. The second-order valence-corrected chi connectivity index (χ2v) is 17.2. The van der Waals surface area contributed by atoms with E-state index in [1.165, 1.54) is 29.6 Å². The van der Waals surface area contributed by atoms with Gasteiger partial charge in [0.2, 0.25) is 10.0 Å². The van der Waals surface area contributed by atoms with Crippen LogP contribution in [0.25, 0.3) is 0 Å². The first-order valence-corrected chi connectivity index (χ1v) is 19.0. The molecular weight excluding hydrogens is 677 g/mol. The van der Waals surface area contributed by atoms with Crippen LogP contribution in [0.1, 0.15) is 75.6 Å². The maximum absolute atomic E-state index is 14.5. The summed E-state index contributed by atoms with van der Waals surface area (Å²) in [6.07, 6.45) is 6.08. The zero-order valence-corrected chi connectivity index (χ0v) is 29.2. The van der Waals surface area contributed by atoms with Gasteiger partial charge >= 0.3 is 0 Å². The fourth-order valence-electron chi connectivity index (χ4n) is 7.78. The molecule has 2 atom stereocenters. The van der Waals surface area contributed by atoms with Gasteiger partial charge in [0.1, 0.15) is 17.9 Å². The number of aliphatic hydroxyl groups is 1. The van der Waals surface area contributed by atoms with Crippen molar-refractivity contribution < 1.29 is 41.0 Å². The lowest BCUT2D eigenvalue weighted by molar-refractivity contribution is -0.239. The molecule has 1 spiro atoms.